The summed E-state index contributed by atoms with van der Waals surface area (Å²) in [5.41, 5.74) is 0. The molecule has 0 unspecified atom stereocenters. The van der Waals surface area contributed by atoms with E-state index in [9.17, 15) is 0 Å². The van der Waals surface area contributed by atoms with Gasteiger partial charge in [0, 0.05) is 25.7 Å². The predicted octanol–water partition coefficient (Wildman–Crippen LogP) is 0.223. The highest BCUT2D eigenvalue weighted by Crippen LogP contribution is 2.34. The maximum Gasteiger partial charge on any atom is 0.165 e. The fourth-order valence-electron chi connectivity index (χ4n) is 2.22. The third-order valence-corrected chi connectivity index (χ3v) is 3.44. The average Bonchev–Trinajstić information content (AvgIpc) is 3.03. The van der Waals surface area contributed by atoms with Crippen LogP contribution in [-0.2, 0) is 6.54 Å². The summed E-state index contributed by atoms with van der Waals surface area (Å²) in [4.78, 5) is 2.45. The second-order valence-corrected chi connectivity index (χ2v) is 4.79. The van der Waals surface area contributed by atoms with Gasteiger partial charge in [0.2, 0.25) is 0 Å². The van der Waals surface area contributed by atoms with Gasteiger partial charge in [-0.15, -0.1) is 17.5 Å². The maximum atomic E-state index is 4.15. The number of tetrazole rings is 1. The fourth-order valence-corrected chi connectivity index (χ4v) is 2.22. The van der Waals surface area contributed by atoms with Crippen molar-refractivity contribution < 1.29 is 0 Å². The molecule has 0 amide bonds. The van der Waals surface area contributed by atoms with Gasteiger partial charge >= 0.3 is 0 Å². The molecule has 0 radical (unpaired) electrons. The molecule has 2 heterocycles. The van der Waals surface area contributed by atoms with Crippen LogP contribution in [0.3, 0.4) is 0 Å². The minimum atomic E-state index is 0. The number of rotatable bonds is 3. The molecule has 1 saturated heterocycles. The fraction of sp³-hybridized carbons (Fsp3) is 0.900. The minimum Gasteiger partial charge on any atom is -0.314 e. The lowest BCUT2D eigenvalue weighted by molar-refractivity contribution is 0.159. The van der Waals surface area contributed by atoms with Gasteiger partial charge in [0.25, 0.3) is 0 Å². The van der Waals surface area contributed by atoms with Crippen LogP contribution in [0.4, 0.5) is 0 Å². The number of piperazine rings is 1. The Bertz CT molecular complexity index is 363. The van der Waals surface area contributed by atoms with Crippen molar-refractivity contribution in [1.82, 2.24) is 30.4 Å². The van der Waals surface area contributed by atoms with Crippen molar-refractivity contribution in [2.75, 3.05) is 19.6 Å². The molecule has 7 heteroatoms. The first-order valence-corrected chi connectivity index (χ1v) is 6.06. The van der Waals surface area contributed by atoms with Gasteiger partial charge in [0.15, 0.2) is 5.82 Å². The van der Waals surface area contributed by atoms with Crippen LogP contribution in [0.25, 0.3) is 0 Å². The molecule has 1 aliphatic heterocycles. The normalized spacial score (nSPS) is 25.6. The van der Waals surface area contributed by atoms with Crippen molar-refractivity contribution in [2.24, 2.45) is 0 Å². The monoisotopic (exact) mass is 258 g/mol. The molecule has 1 aromatic heterocycles. The van der Waals surface area contributed by atoms with E-state index in [2.05, 4.69) is 32.7 Å². The first-order chi connectivity index (χ1) is 7.84. The molecule has 0 bridgehead atoms. The van der Waals surface area contributed by atoms with E-state index in [1.807, 2.05) is 4.68 Å². The van der Waals surface area contributed by atoms with Gasteiger partial charge in [-0.05, 0) is 30.2 Å². The molecule has 0 spiro atoms. The van der Waals surface area contributed by atoms with Gasteiger partial charge in [-0.3, -0.25) is 4.90 Å². The standard InChI is InChI=1S/C10H18N6.ClH/c1-8-6-11-4-5-15(8)7-10-12-13-14-16(10)9-2-3-9;/h8-9,11H,2-7H2,1H3;1H/t8-;/m0./s1. The quantitative estimate of drug-likeness (QED) is 0.841. The summed E-state index contributed by atoms with van der Waals surface area (Å²) < 4.78 is 2.01. The van der Waals surface area contributed by atoms with Crippen molar-refractivity contribution in [2.45, 2.75) is 38.4 Å². The molecule has 1 saturated carbocycles. The Morgan fingerprint density at radius 3 is 2.94 bits per heavy atom. The highest BCUT2D eigenvalue weighted by atomic mass is 35.5. The molecular weight excluding hydrogens is 240 g/mol. The molecule has 6 nitrogen and oxygen atoms in total. The largest absolute Gasteiger partial charge is 0.314 e. The van der Waals surface area contributed by atoms with E-state index in [0.29, 0.717) is 12.1 Å². The van der Waals surface area contributed by atoms with Crippen molar-refractivity contribution in [3.63, 3.8) is 0 Å². The number of hydrogen-bond acceptors (Lipinski definition) is 5. The summed E-state index contributed by atoms with van der Waals surface area (Å²) in [5, 5.41) is 15.4. The summed E-state index contributed by atoms with van der Waals surface area (Å²) in [5.74, 6) is 1.02. The molecule has 96 valence electrons. The van der Waals surface area contributed by atoms with Gasteiger partial charge in [-0.1, -0.05) is 0 Å². The van der Waals surface area contributed by atoms with Gasteiger partial charge < -0.3 is 5.32 Å². The van der Waals surface area contributed by atoms with Crippen LogP contribution in [0, 0.1) is 0 Å². The van der Waals surface area contributed by atoms with Gasteiger partial charge in [0.1, 0.15) is 0 Å². The van der Waals surface area contributed by atoms with E-state index in [1.165, 1.54) is 12.8 Å². The van der Waals surface area contributed by atoms with Crippen LogP contribution >= 0.6 is 12.4 Å². The van der Waals surface area contributed by atoms with Gasteiger partial charge in [0.05, 0.1) is 12.6 Å². The van der Waals surface area contributed by atoms with Crippen LogP contribution in [0.2, 0.25) is 0 Å². The van der Waals surface area contributed by atoms with E-state index in [-0.39, 0.29) is 12.4 Å². The molecule has 0 aromatic carbocycles. The smallest absolute Gasteiger partial charge is 0.165 e. The lowest BCUT2D eigenvalue weighted by atomic mass is 10.2. The topological polar surface area (TPSA) is 58.9 Å². The van der Waals surface area contributed by atoms with Crippen molar-refractivity contribution in [3.8, 4) is 0 Å². The maximum absolute atomic E-state index is 4.15. The van der Waals surface area contributed by atoms with Crippen molar-refractivity contribution >= 4 is 12.4 Å². The summed E-state index contributed by atoms with van der Waals surface area (Å²) in [7, 11) is 0. The predicted molar refractivity (Wildman–Crippen MR) is 66.1 cm³/mol. The summed E-state index contributed by atoms with van der Waals surface area (Å²) in [6.07, 6.45) is 2.46. The Morgan fingerprint density at radius 2 is 2.24 bits per heavy atom. The van der Waals surface area contributed by atoms with Gasteiger partial charge in [-0.2, -0.15) is 0 Å². The molecule has 1 N–H and O–H groups in total. The first-order valence-electron chi connectivity index (χ1n) is 6.06. The van der Waals surface area contributed by atoms with E-state index >= 15 is 0 Å². The molecule has 1 aliphatic carbocycles. The summed E-state index contributed by atoms with van der Waals surface area (Å²) >= 11 is 0. The minimum absolute atomic E-state index is 0. The summed E-state index contributed by atoms with van der Waals surface area (Å²) in [6.45, 7) is 6.34. The third kappa shape index (κ3) is 2.75. The van der Waals surface area contributed by atoms with E-state index in [4.69, 9.17) is 0 Å². The van der Waals surface area contributed by atoms with Crippen LogP contribution < -0.4 is 5.32 Å². The van der Waals surface area contributed by atoms with E-state index in [1.54, 1.807) is 0 Å². The molecule has 1 aromatic rings. The Morgan fingerprint density at radius 1 is 1.41 bits per heavy atom. The zero-order valence-corrected chi connectivity index (χ0v) is 10.9. The average molecular weight is 259 g/mol. The summed E-state index contributed by atoms with van der Waals surface area (Å²) in [6, 6.07) is 1.14. The lowest BCUT2D eigenvalue weighted by Crippen LogP contribution is -2.49. The Hall–Kier alpha value is -0.720. The number of nitrogens with zero attached hydrogens (tertiary/aromatic N) is 5. The molecule has 1 atom stereocenters. The Labute approximate surface area is 107 Å². The number of hydrogen-bond donors (Lipinski definition) is 1. The van der Waals surface area contributed by atoms with Crippen LogP contribution in [-0.4, -0.2) is 50.8 Å². The van der Waals surface area contributed by atoms with E-state index in [0.717, 1.165) is 32.0 Å². The van der Waals surface area contributed by atoms with Gasteiger partial charge in [-0.25, -0.2) is 4.68 Å². The highest BCUT2D eigenvalue weighted by molar-refractivity contribution is 5.85. The number of aromatic nitrogens is 4. The van der Waals surface area contributed by atoms with Crippen molar-refractivity contribution in [3.05, 3.63) is 5.82 Å². The highest BCUT2D eigenvalue weighted by Gasteiger charge is 2.29. The van der Waals surface area contributed by atoms with E-state index < -0.39 is 0 Å². The third-order valence-electron chi connectivity index (χ3n) is 3.44. The number of halogens is 1. The zero-order valence-electron chi connectivity index (χ0n) is 10.0. The second-order valence-electron chi connectivity index (χ2n) is 4.79. The second kappa shape index (κ2) is 5.29. The molecule has 17 heavy (non-hydrogen) atoms. The zero-order chi connectivity index (χ0) is 11.0. The Balaban J connectivity index is 0.00000108. The Kier molecular flexibility index (Phi) is 3.96. The van der Waals surface area contributed by atoms with Crippen LogP contribution in [0.15, 0.2) is 0 Å². The molecule has 3 rings (SSSR count). The number of nitrogens with one attached hydrogen (secondary N) is 1. The van der Waals surface area contributed by atoms with Crippen molar-refractivity contribution in [1.29, 1.82) is 0 Å². The van der Waals surface area contributed by atoms with Crippen LogP contribution in [0.1, 0.15) is 31.6 Å². The SMILES string of the molecule is C[C@H]1CNCCN1Cc1nnnn1C1CC1.Cl. The first kappa shape index (κ1) is 12.7. The molecule has 2 aliphatic rings. The lowest BCUT2D eigenvalue weighted by Gasteiger charge is -2.33. The van der Waals surface area contributed by atoms with Crippen LogP contribution in [0.5, 0.6) is 0 Å². The molecular formula is C10H19ClN6. The molecule has 2 fully saturated rings.